The van der Waals surface area contributed by atoms with Crippen LogP contribution in [0.2, 0.25) is 0 Å². The lowest BCUT2D eigenvalue weighted by Crippen LogP contribution is -2.64. The second kappa shape index (κ2) is 2.19. The molecule has 6 nitrogen and oxygen atoms in total. The zero-order chi connectivity index (χ0) is 9.24. The van der Waals surface area contributed by atoms with Crippen molar-refractivity contribution in [3.8, 4) is 24.3 Å². The van der Waals surface area contributed by atoms with Crippen molar-refractivity contribution in [3.05, 3.63) is 0 Å². The van der Waals surface area contributed by atoms with Gasteiger partial charge in [0, 0.05) is 0 Å². The van der Waals surface area contributed by atoms with Gasteiger partial charge >= 0.3 is 11.2 Å². The quantitative estimate of drug-likeness (QED) is 0.442. The minimum absolute atomic E-state index is 1.40. The van der Waals surface area contributed by atoms with Crippen molar-refractivity contribution in [1.29, 1.82) is 21.0 Å². The first-order valence-corrected chi connectivity index (χ1v) is 2.72. The molecule has 0 amide bonds. The van der Waals surface area contributed by atoms with E-state index in [4.69, 9.17) is 21.0 Å². The molecule has 6 heteroatoms. The van der Waals surface area contributed by atoms with E-state index in [9.17, 15) is 0 Å². The van der Waals surface area contributed by atoms with Crippen molar-refractivity contribution in [3.63, 3.8) is 0 Å². The highest BCUT2D eigenvalue weighted by Gasteiger charge is 2.69. The van der Waals surface area contributed by atoms with Crippen LogP contribution < -0.4 is 0 Å². The topological polar surface area (TPSA) is 114 Å². The Bertz CT molecular complexity index is 308. The van der Waals surface area contributed by atoms with E-state index < -0.39 is 11.2 Å². The lowest BCUT2D eigenvalue weighted by atomic mass is 9.86. The Hall–Kier alpha value is -2.12. The first kappa shape index (κ1) is 7.98. The van der Waals surface area contributed by atoms with Gasteiger partial charge in [0.05, 0.1) is 0 Å². The predicted molar refractivity (Wildman–Crippen MR) is 30.1 cm³/mol. The van der Waals surface area contributed by atoms with Gasteiger partial charge in [-0.1, -0.05) is 0 Å². The van der Waals surface area contributed by atoms with Gasteiger partial charge in [-0.25, -0.2) is 0 Å². The Balaban J connectivity index is 3.19. The van der Waals surface area contributed by atoms with Gasteiger partial charge in [-0.15, -0.1) is 0 Å². The zero-order valence-electron chi connectivity index (χ0n) is 5.61. The maximum absolute atomic E-state index is 8.45. The highest BCUT2D eigenvalue weighted by molar-refractivity contribution is 5.42. The molecule has 1 fully saturated rings. The molecule has 0 aliphatic carbocycles. The number of rotatable bonds is 0. The third-order valence-electron chi connectivity index (χ3n) is 1.42. The Morgan fingerprint density at radius 3 is 1.00 bits per heavy atom. The zero-order valence-corrected chi connectivity index (χ0v) is 5.61. The van der Waals surface area contributed by atoms with E-state index in [1.807, 2.05) is 0 Å². The molecule has 0 saturated carbocycles. The molecule has 0 aromatic carbocycles. The van der Waals surface area contributed by atoms with E-state index >= 15 is 0 Å². The van der Waals surface area contributed by atoms with Gasteiger partial charge in [-0.3, -0.25) is 0 Å². The van der Waals surface area contributed by atoms with Crippen LogP contribution >= 0.6 is 0 Å². The summed E-state index contributed by atoms with van der Waals surface area (Å²) in [5, 5.41) is 33.8. The number of nitrogens with zero attached hydrogens (tertiary/aromatic N) is 4. The highest BCUT2D eigenvalue weighted by Crippen LogP contribution is 2.38. The average molecular weight is 160 g/mol. The fourth-order valence-electron chi connectivity index (χ4n) is 0.648. The molecule has 56 valence electrons. The summed E-state index contributed by atoms with van der Waals surface area (Å²) < 4.78 is 0. The van der Waals surface area contributed by atoms with Gasteiger partial charge < -0.3 is 0 Å². The first-order chi connectivity index (χ1) is 5.70. The van der Waals surface area contributed by atoms with E-state index in [1.165, 1.54) is 24.3 Å². The smallest absolute Gasteiger partial charge is 0.194 e. The van der Waals surface area contributed by atoms with E-state index in [-0.39, 0.29) is 0 Å². The standard InChI is InChI=1S/C6N4O2/c7-1-5(2-8)6(3-9,4-10)12-11-5. The number of hydrogen-bond acceptors (Lipinski definition) is 6. The van der Waals surface area contributed by atoms with Gasteiger partial charge in [0.15, 0.2) is 0 Å². The van der Waals surface area contributed by atoms with E-state index in [0.717, 1.165) is 0 Å². The van der Waals surface area contributed by atoms with Crippen LogP contribution in [0.15, 0.2) is 0 Å². The van der Waals surface area contributed by atoms with Crippen molar-refractivity contribution in [1.82, 2.24) is 0 Å². The Morgan fingerprint density at radius 1 is 0.667 bits per heavy atom. The van der Waals surface area contributed by atoms with Crippen LogP contribution in [-0.4, -0.2) is 11.2 Å². The van der Waals surface area contributed by atoms with Crippen LogP contribution in [0.5, 0.6) is 0 Å². The first-order valence-electron chi connectivity index (χ1n) is 2.72. The predicted octanol–water partition coefficient (Wildman–Crippen LogP) is -0.480. The fraction of sp³-hybridized carbons (Fsp3) is 0.333. The Labute approximate surface area is 67.3 Å². The molecule has 0 radical (unpaired) electrons. The van der Waals surface area contributed by atoms with Gasteiger partial charge in [-0.2, -0.15) is 30.8 Å². The molecule has 0 atom stereocenters. The normalized spacial score (nSPS) is 21.7. The molecule has 0 aromatic heterocycles. The second-order valence-electron chi connectivity index (χ2n) is 1.98. The fourth-order valence-corrected chi connectivity index (χ4v) is 0.648. The van der Waals surface area contributed by atoms with Crippen molar-refractivity contribution in [2.45, 2.75) is 11.2 Å². The van der Waals surface area contributed by atoms with E-state index in [2.05, 4.69) is 9.78 Å². The molecule has 12 heavy (non-hydrogen) atoms. The van der Waals surface area contributed by atoms with Gasteiger partial charge in [0.1, 0.15) is 24.3 Å². The molecule has 0 aromatic rings. The van der Waals surface area contributed by atoms with E-state index in [1.54, 1.807) is 0 Å². The molecule has 0 bridgehead atoms. The third-order valence-corrected chi connectivity index (χ3v) is 1.42. The molecule has 1 saturated heterocycles. The summed E-state index contributed by atoms with van der Waals surface area (Å²) in [6.07, 6.45) is 0. The minimum Gasteiger partial charge on any atom is -0.194 e. The molecular formula is C6N4O2. The molecule has 1 heterocycles. The van der Waals surface area contributed by atoms with Gasteiger partial charge in [0.25, 0.3) is 0 Å². The van der Waals surface area contributed by atoms with Crippen LogP contribution in [-0.2, 0) is 9.78 Å². The van der Waals surface area contributed by atoms with Crippen molar-refractivity contribution >= 4 is 0 Å². The maximum Gasteiger partial charge on any atom is 0.331 e. The van der Waals surface area contributed by atoms with Crippen LogP contribution in [0, 0.1) is 45.3 Å². The van der Waals surface area contributed by atoms with Crippen LogP contribution in [0.4, 0.5) is 0 Å². The number of nitriles is 4. The third kappa shape index (κ3) is 0.557. The summed E-state index contributed by atoms with van der Waals surface area (Å²) in [7, 11) is 0. The summed E-state index contributed by atoms with van der Waals surface area (Å²) in [6, 6.07) is 5.62. The lowest BCUT2D eigenvalue weighted by molar-refractivity contribution is -0.487. The van der Waals surface area contributed by atoms with Crippen molar-refractivity contribution < 1.29 is 9.78 Å². The molecule has 1 rings (SSSR count). The Kier molecular flexibility index (Phi) is 1.45. The SMILES string of the molecule is N#CC1(C#N)OOC1(C#N)C#N. The lowest BCUT2D eigenvalue weighted by Gasteiger charge is -2.37. The second-order valence-corrected chi connectivity index (χ2v) is 1.98. The maximum atomic E-state index is 8.45. The van der Waals surface area contributed by atoms with Crippen molar-refractivity contribution in [2.24, 2.45) is 0 Å². The van der Waals surface area contributed by atoms with Crippen LogP contribution in [0.3, 0.4) is 0 Å². The largest absolute Gasteiger partial charge is 0.331 e. The molecule has 1 aliphatic heterocycles. The number of hydrogen-bond donors (Lipinski definition) is 0. The van der Waals surface area contributed by atoms with Crippen LogP contribution in [0.25, 0.3) is 0 Å². The summed E-state index contributed by atoms with van der Waals surface area (Å²) in [5.41, 5.74) is -4.23. The summed E-state index contributed by atoms with van der Waals surface area (Å²) >= 11 is 0. The van der Waals surface area contributed by atoms with Crippen molar-refractivity contribution in [2.75, 3.05) is 0 Å². The summed E-state index contributed by atoms with van der Waals surface area (Å²) in [6.45, 7) is 0. The molecular weight excluding hydrogens is 160 g/mol. The minimum atomic E-state index is -2.11. The van der Waals surface area contributed by atoms with Gasteiger partial charge in [0.2, 0.25) is 0 Å². The molecule has 0 N–H and O–H groups in total. The highest BCUT2D eigenvalue weighted by atomic mass is 17.3. The average Bonchev–Trinajstić information content (AvgIpc) is 2.08. The van der Waals surface area contributed by atoms with Crippen LogP contribution in [0.1, 0.15) is 0 Å². The summed E-state index contributed by atoms with van der Waals surface area (Å²) in [5.74, 6) is 0. The molecule has 0 unspecified atom stereocenters. The molecule has 1 aliphatic rings. The van der Waals surface area contributed by atoms with E-state index in [0.29, 0.717) is 0 Å². The van der Waals surface area contributed by atoms with Gasteiger partial charge in [-0.05, 0) is 0 Å². The monoisotopic (exact) mass is 160 g/mol. The summed E-state index contributed by atoms with van der Waals surface area (Å²) in [4.78, 5) is 8.29. The Morgan fingerprint density at radius 2 is 0.917 bits per heavy atom. The molecule has 0 spiro atoms.